The number of carbonyl (C=O) groups is 1. The van der Waals surface area contributed by atoms with Crippen LogP contribution in [0.25, 0.3) is 0 Å². The molecule has 3 rings (SSSR count). The maximum atomic E-state index is 12.6. The summed E-state index contributed by atoms with van der Waals surface area (Å²) in [7, 11) is -3.39. The first-order valence-corrected chi connectivity index (χ1v) is 12.2. The minimum absolute atomic E-state index is 0.129. The van der Waals surface area contributed by atoms with Crippen LogP contribution in [0.4, 0.5) is 4.79 Å². The molecule has 1 aromatic rings. The van der Waals surface area contributed by atoms with Crippen LogP contribution >= 0.6 is 0 Å². The van der Waals surface area contributed by atoms with E-state index in [0.717, 1.165) is 25.5 Å². The SMILES string of the molecule is CC(C)OC(=O)N1CCC[C@@H](NS(C)(=O)=O)[C@H]1COC1CC(c2ccccc2)C1. The fourth-order valence-corrected chi connectivity index (χ4v) is 4.93. The van der Waals surface area contributed by atoms with Gasteiger partial charge in [-0.15, -0.1) is 0 Å². The lowest BCUT2D eigenvalue weighted by Crippen LogP contribution is -2.59. The molecule has 1 saturated carbocycles. The molecule has 8 heteroatoms. The van der Waals surface area contributed by atoms with Gasteiger partial charge in [0.05, 0.1) is 31.1 Å². The fraction of sp³-hybridized carbons (Fsp3) is 0.667. The van der Waals surface area contributed by atoms with Crippen LogP contribution in [0.15, 0.2) is 30.3 Å². The highest BCUT2D eigenvalue weighted by Crippen LogP contribution is 2.39. The van der Waals surface area contributed by atoms with Gasteiger partial charge in [-0.25, -0.2) is 17.9 Å². The van der Waals surface area contributed by atoms with Gasteiger partial charge in [-0.05, 0) is 51.0 Å². The number of benzene rings is 1. The zero-order chi connectivity index (χ0) is 21.0. The van der Waals surface area contributed by atoms with Gasteiger partial charge in [0.2, 0.25) is 10.0 Å². The molecule has 1 N–H and O–H groups in total. The van der Waals surface area contributed by atoms with Gasteiger partial charge >= 0.3 is 6.09 Å². The Morgan fingerprint density at radius 1 is 1.24 bits per heavy atom. The van der Waals surface area contributed by atoms with E-state index in [2.05, 4.69) is 16.9 Å². The second-order valence-electron chi connectivity index (χ2n) is 8.37. The highest BCUT2D eigenvalue weighted by Gasteiger charge is 2.39. The summed E-state index contributed by atoms with van der Waals surface area (Å²) < 4.78 is 37.8. The van der Waals surface area contributed by atoms with E-state index in [-0.39, 0.29) is 24.3 Å². The molecular formula is C21H32N2O5S. The third kappa shape index (κ3) is 6.17. The zero-order valence-corrected chi connectivity index (χ0v) is 18.2. The summed E-state index contributed by atoms with van der Waals surface area (Å²) in [6, 6.07) is 9.63. The second kappa shape index (κ2) is 9.45. The summed E-state index contributed by atoms with van der Waals surface area (Å²) in [6.07, 6.45) is 3.90. The Balaban J connectivity index is 1.61. The Labute approximate surface area is 173 Å². The maximum absolute atomic E-state index is 12.6. The van der Waals surface area contributed by atoms with Crippen LogP contribution in [0.5, 0.6) is 0 Å². The summed E-state index contributed by atoms with van der Waals surface area (Å²) in [5.41, 5.74) is 1.32. The predicted molar refractivity (Wildman–Crippen MR) is 111 cm³/mol. The number of ether oxygens (including phenoxy) is 2. The molecule has 0 bridgehead atoms. The standard InChI is InChI=1S/C21H32N2O5S/c1-15(2)28-21(24)23-11-7-10-19(22-29(3,25)26)20(23)14-27-18-12-17(13-18)16-8-5-4-6-9-16/h4-6,8-9,15,17-20,22H,7,10-14H2,1-3H3/t17?,18?,19-,20-/m1/s1. The molecule has 29 heavy (non-hydrogen) atoms. The van der Waals surface area contributed by atoms with Crippen molar-refractivity contribution in [2.45, 2.75) is 69.7 Å². The van der Waals surface area contributed by atoms with E-state index in [9.17, 15) is 13.2 Å². The van der Waals surface area contributed by atoms with Gasteiger partial charge in [-0.3, -0.25) is 0 Å². The van der Waals surface area contributed by atoms with Crippen molar-refractivity contribution in [1.29, 1.82) is 0 Å². The van der Waals surface area contributed by atoms with Crippen molar-refractivity contribution in [3.05, 3.63) is 35.9 Å². The molecule has 162 valence electrons. The van der Waals surface area contributed by atoms with Gasteiger partial charge in [0.1, 0.15) is 0 Å². The molecule has 2 aliphatic rings. The van der Waals surface area contributed by atoms with Crippen molar-refractivity contribution in [3.63, 3.8) is 0 Å². The quantitative estimate of drug-likeness (QED) is 0.728. The van der Waals surface area contributed by atoms with Gasteiger partial charge in [0.15, 0.2) is 0 Å². The van der Waals surface area contributed by atoms with E-state index in [4.69, 9.17) is 9.47 Å². The van der Waals surface area contributed by atoms with Crippen molar-refractivity contribution in [1.82, 2.24) is 9.62 Å². The van der Waals surface area contributed by atoms with Gasteiger partial charge < -0.3 is 14.4 Å². The molecular weight excluding hydrogens is 392 g/mol. The van der Waals surface area contributed by atoms with E-state index in [1.165, 1.54) is 5.56 Å². The number of sulfonamides is 1. The molecule has 1 saturated heterocycles. The number of hydrogen-bond acceptors (Lipinski definition) is 5. The van der Waals surface area contributed by atoms with Crippen molar-refractivity contribution in [2.75, 3.05) is 19.4 Å². The number of amides is 1. The van der Waals surface area contributed by atoms with Crippen molar-refractivity contribution in [2.24, 2.45) is 0 Å². The van der Waals surface area contributed by atoms with Gasteiger partial charge in [0, 0.05) is 12.6 Å². The molecule has 7 nitrogen and oxygen atoms in total. The highest BCUT2D eigenvalue weighted by molar-refractivity contribution is 7.88. The van der Waals surface area contributed by atoms with Crippen molar-refractivity contribution in [3.8, 4) is 0 Å². The molecule has 0 unspecified atom stereocenters. The fourth-order valence-electron chi connectivity index (χ4n) is 4.11. The number of hydrogen-bond donors (Lipinski definition) is 1. The average Bonchev–Trinajstić information content (AvgIpc) is 2.60. The first-order chi connectivity index (χ1) is 13.7. The normalized spacial score (nSPS) is 27.5. The molecule has 1 aromatic carbocycles. The van der Waals surface area contributed by atoms with E-state index < -0.39 is 16.1 Å². The Bertz CT molecular complexity index is 778. The van der Waals surface area contributed by atoms with Gasteiger partial charge in [0.25, 0.3) is 0 Å². The predicted octanol–water partition coefficient (Wildman–Crippen LogP) is 2.88. The average molecular weight is 425 g/mol. The third-order valence-corrected chi connectivity index (χ3v) is 6.31. The lowest BCUT2D eigenvalue weighted by atomic mass is 9.77. The summed E-state index contributed by atoms with van der Waals surface area (Å²) in [6.45, 7) is 4.45. The first kappa shape index (κ1) is 22.1. The zero-order valence-electron chi connectivity index (χ0n) is 17.4. The Kier molecular flexibility index (Phi) is 7.19. The van der Waals surface area contributed by atoms with Gasteiger partial charge in [-0.1, -0.05) is 30.3 Å². The molecule has 2 atom stereocenters. The monoisotopic (exact) mass is 424 g/mol. The number of rotatable bonds is 7. The number of piperidine rings is 1. The summed E-state index contributed by atoms with van der Waals surface area (Å²) in [4.78, 5) is 14.2. The molecule has 0 aromatic heterocycles. The van der Waals surface area contributed by atoms with Crippen LogP contribution in [0, 0.1) is 0 Å². The molecule has 1 heterocycles. The van der Waals surface area contributed by atoms with Crippen LogP contribution in [0.1, 0.15) is 51.0 Å². The van der Waals surface area contributed by atoms with E-state index >= 15 is 0 Å². The number of nitrogens with one attached hydrogen (secondary N) is 1. The van der Waals surface area contributed by atoms with Crippen molar-refractivity contribution < 1.29 is 22.7 Å². The topological polar surface area (TPSA) is 84.9 Å². The molecule has 1 amide bonds. The molecule has 1 aliphatic heterocycles. The van der Waals surface area contributed by atoms with Crippen LogP contribution in [-0.2, 0) is 19.5 Å². The van der Waals surface area contributed by atoms with E-state index in [1.54, 1.807) is 18.7 Å². The number of likely N-dealkylation sites (tertiary alicyclic amines) is 1. The summed E-state index contributed by atoms with van der Waals surface area (Å²) in [5, 5.41) is 0. The minimum Gasteiger partial charge on any atom is -0.447 e. The lowest BCUT2D eigenvalue weighted by Gasteiger charge is -2.42. The Hall–Kier alpha value is -1.64. The maximum Gasteiger partial charge on any atom is 0.410 e. The minimum atomic E-state index is -3.39. The summed E-state index contributed by atoms with van der Waals surface area (Å²) >= 11 is 0. The lowest BCUT2D eigenvalue weighted by molar-refractivity contribution is -0.0502. The van der Waals surface area contributed by atoms with E-state index in [1.807, 2.05) is 18.2 Å². The molecule has 2 fully saturated rings. The van der Waals surface area contributed by atoms with Crippen LogP contribution in [-0.4, -0.2) is 63.1 Å². The van der Waals surface area contributed by atoms with Crippen LogP contribution in [0.3, 0.4) is 0 Å². The molecule has 0 spiro atoms. The summed E-state index contributed by atoms with van der Waals surface area (Å²) in [5.74, 6) is 0.500. The smallest absolute Gasteiger partial charge is 0.410 e. The Morgan fingerprint density at radius 3 is 2.55 bits per heavy atom. The van der Waals surface area contributed by atoms with Crippen LogP contribution < -0.4 is 4.72 Å². The van der Waals surface area contributed by atoms with Gasteiger partial charge in [-0.2, -0.15) is 0 Å². The molecule has 0 radical (unpaired) electrons. The Morgan fingerprint density at radius 2 is 1.93 bits per heavy atom. The highest BCUT2D eigenvalue weighted by atomic mass is 32.2. The number of carbonyl (C=O) groups excluding carboxylic acids is 1. The third-order valence-electron chi connectivity index (χ3n) is 5.58. The first-order valence-electron chi connectivity index (χ1n) is 10.3. The molecule has 1 aliphatic carbocycles. The van der Waals surface area contributed by atoms with Crippen molar-refractivity contribution >= 4 is 16.1 Å². The van der Waals surface area contributed by atoms with Crippen LogP contribution in [0.2, 0.25) is 0 Å². The largest absolute Gasteiger partial charge is 0.447 e. The second-order valence-corrected chi connectivity index (χ2v) is 10.1. The van der Waals surface area contributed by atoms with E-state index in [0.29, 0.717) is 25.5 Å². The number of nitrogens with zero attached hydrogens (tertiary/aromatic N) is 1.